The molecule has 6 nitrogen and oxygen atoms in total. The molecule has 0 radical (unpaired) electrons. The summed E-state index contributed by atoms with van der Waals surface area (Å²) >= 11 is 3.13. The Balaban J connectivity index is 1.34. The molecule has 206 valence electrons. The van der Waals surface area contributed by atoms with Gasteiger partial charge in [0.2, 0.25) is 0 Å². The number of fused-ring (bicyclic) bond motifs is 7. The molecule has 1 aliphatic heterocycles. The zero-order valence-corrected chi connectivity index (χ0v) is 24.6. The predicted octanol–water partition coefficient (Wildman–Crippen LogP) is 5.59. The molecule has 5 aliphatic rings. The highest BCUT2D eigenvalue weighted by molar-refractivity contribution is 8.01. The number of Topliss-reactive ketones (excluding diaryl/α,β-unsaturated/α-hetero) is 1. The van der Waals surface area contributed by atoms with E-state index in [4.69, 9.17) is 9.47 Å². The van der Waals surface area contributed by atoms with Crippen LogP contribution in [0.5, 0.6) is 0 Å². The van der Waals surface area contributed by atoms with Gasteiger partial charge in [-0.3, -0.25) is 9.59 Å². The standard InChI is InChI=1S/C30H39NO5S2/c1-6-7-25-35-24-13-21-20-9-8-18-12-19(32)10-11-28(18,4)26(20)22(33)14-29(21,5)30(24,36-25)23(34)15-37-27-31-16(2)17(3)38-27/h10-12,20-22,24-26,33H,6-9,13-15H2,1-5H3/t20?,21?,22?,24-,25+,26?,28?,29?,30-/m1/s1. The van der Waals surface area contributed by atoms with Crippen LogP contribution in [0.2, 0.25) is 0 Å². The van der Waals surface area contributed by atoms with Gasteiger partial charge < -0.3 is 14.6 Å². The number of rotatable bonds is 6. The van der Waals surface area contributed by atoms with Gasteiger partial charge in [-0.1, -0.05) is 50.6 Å². The molecule has 3 saturated carbocycles. The number of thiazole rings is 1. The first kappa shape index (κ1) is 26.9. The van der Waals surface area contributed by atoms with Crippen molar-refractivity contribution in [1.82, 2.24) is 4.98 Å². The fourth-order valence-corrected chi connectivity index (χ4v) is 10.8. The number of ketones is 2. The number of aromatic nitrogens is 1. The highest BCUT2D eigenvalue weighted by Crippen LogP contribution is 2.69. The van der Waals surface area contributed by atoms with Gasteiger partial charge in [0.1, 0.15) is 0 Å². The molecule has 0 spiro atoms. The van der Waals surface area contributed by atoms with Crippen molar-refractivity contribution in [2.24, 2.45) is 28.6 Å². The lowest BCUT2D eigenvalue weighted by atomic mass is 9.46. The maximum absolute atomic E-state index is 14.3. The summed E-state index contributed by atoms with van der Waals surface area (Å²) in [6, 6.07) is 0. The molecule has 9 atom stereocenters. The van der Waals surface area contributed by atoms with Crippen molar-refractivity contribution in [3.8, 4) is 0 Å². The van der Waals surface area contributed by atoms with Gasteiger partial charge in [0.15, 0.2) is 27.8 Å². The van der Waals surface area contributed by atoms with E-state index in [9.17, 15) is 14.7 Å². The van der Waals surface area contributed by atoms with Crippen LogP contribution in [0.4, 0.5) is 0 Å². The zero-order valence-electron chi connectivity index (χ0n) is 23.0. The average Bonchev–Trinajstić information content (AvgIpc) is 3.47. The first-order valence-corrected chi connectivity index (χ1v) is 15.9. The van der Waals surface area contributed by atoms with Crippen molar-refractivity contribution in [2.45, 2.75) is 102 Å². The predicted molar refractivity (Wildman–Crippen MR) is 148 cm³/mol. The third kappa shape index (κ3) is 3.73. The number of ether oxygens (including phenoxy) is 2. The summed E-state index contributed by atoms with van der Waals surface area (Å²) < 4.78 is 14.2. The second kappa shape index (κ2) is 9.37. The summed E-state index contributed by atoms with van der Waals surface area (Å²) in [5.41, 5.74) is 0.219. The van der Waals surface area contributed by atoms with Gasteiger partial charge in [-0.2, -0.15) is 0 Å². The lowest BCUT2D eigenvalue weighted by molar-refractivity contribution is -0.197. The van der Waals surface area contributed by atoms with Crippen molar-refractivity contribution in [2.75, 3.05) is 5.75 Å². The highest BCUT2D eigenvalue weighted by Gasteiger charge is 2.75. The molecule has 1 saturated heterocycles. The van der Waals surface area contributed by atoms with E-state index < -0.39 is 17.1 Å². The van der Waals surface area contributed by atoms with Gasteiger partial charge in [0, 0.05) is 21.6 Å². The Morgan fingerprint density at radius 2 is 2.11 bits per heavy atom. The number of hydrogen-bond acceptors (Lipinski definition) is 8. The van der Waals surface area contributed by atoms with Crippen LogP contribution in [0.1, 0.15) is 69.9 Å². The van der Waals surface area contributed by atoms with Crippen LogP contribution in [-0.4, -0.2) is 51.5 Å². The molecular formula is C30H39NO5S2. The normalized spacial score (nSPS) is 43.3. The van der Waals surface area contributed by atoms with Gasteiger partial charge >= 0.3 is 0 Å². The Hall–Kier alpha value is -1.32. The molecule has 4 aliphatic carbocycles. The van der Waals surface area contributed by atoms with E-state index in [1.807, 2.05) is 13.0 Å². The zero-order chi connectivity index (χ0) is 27.0. The number of nitrogens with zero attached hydrogens (tertiary/aromatic N) is 1. The fourth-order valence-electron chi connectivity index (χ4n) is 8.74. The number of aryl methyl sites for hydroxylation is 2. The van der Waals surface area contributed by atoms with Crippen molar-refractivity contribution in [3.05, 3.63) is 34.4 Å². The molecule has 8 heteroatoms. The summed E-state index contributed by atoms with van der Waals surface area (Å²) in [5, 5.41) is 11.8. The third-order valence-electron chi connectivity index (χ3n) is 10.6. The fraction of sp³-hybridized carbons (Fsp3) is 0.700. The molecule has 4 fully saturated rings. The number of carbonyl (C=O) groups excluding carboxylic acids is 2. The second-order valence-electron chi connectivity index (χ2n) is 12.5. The van der Waals surface area contributed by atoms with Crippen molar-refractivity contribution >= 4 is 34.7 Å². The summed E-state index contributed by atoms with van der Waals surface area (Å²) in [4.78, 5) is 32.3. The second-order valence-corrected chi connectivity index (χ2v) is 14.9. The minimum absolute atomic E-state index is 0.0120. The molecule has 6 unspecified atom stereocenters. The summed E-state index contributed by atoms with van der Waals surface area (Å²) in [5.74, 6) is 0.834. The number of allylic oxidation sites excluding steroid dienone is 4. The minimum atomic E-state index is -1.06. The average molecular weight is 558 g/mol. The number of aliphatic hydroxyl groups excluding tert-OH is 1. The molecule has 1 N–H and O–H groups in total. The van der Waals surface area contributed by atoms with Crippen molar-refractivity contribution in [1.29, 1.82) is 0 Å². The SMILES string of the molecule is CCC[C@H]1O[C@@H]2CC3C4CCC5=CC(=O)C=CC5(C)C4C(O)CC3(C)[C@]2(C(=O)CSc2nc(C)c(C)s2)O1. The van der Waals surface area contributed by atoms with E-state index in [0.29, 0.717) is 6.42 Å². The molecule has 6 rings (SSSR count). The maximum atomic E-state index is 14.3. The lowest BCUT2D eigenvalue weighted by Crippen LogP contribution is -2.63. The molecule has 0 aromatic carbocycles. The number of aliphatic hydroxyl groups is 1. The molecule has 38 heavy (non-hydrogen) atoms. The van der Waals surface area contributed by atoms with Crippen molar-refractivity contribution in [3.63, 3.8) is 0 Å². The van der Waals surface area contributed by atoms with Gasteiger partial charge in [-0.25, -0.2) is 4.98 Å². The molecule has 2 heterocycles. The van der Waals surface area contributed by atoms with E-state index in [1.165, 1.54) is 16.6 Å². The molecule has 1 aromatic heterocycles. The minimum Gasteiger partial charge on any atom is -0.393 e. The van der Waals surface area contributed by atoms with Crippen LogP contribution in [0.25, 0.3) is 0 Å². The van der Waals surface area contributed by atoms with E-state index >= 15 is 0 Å². The van der Waals surface area contributed by atoms with Crippen LogP contribution in [0.15, 0.2) is 28.1 Å². The molecule has 0 amide bonds. The summed E-state index contributed by atoms with van der Waals surface area (Å²) in [7, 11) is 0. The van der Waals surface area contributed by atoms with Gasteiger partial charge in [-0.15, -0.1) is 11.3 Å². The number of hydrogen-bond donors (Lipinski definition) is 1. The van der Waals surface area contributed by atoms with Crippen molar-refractivity contribution < 1.29 is 24.2 Å². The van der Waals surface area contributed by atoms with E-state index in [1.54, 1.807) is 23.5 Å². The quantitative estimate of drug-likeness (QED) is 0.456. The number of carbonyl (C=O) groups is 2. The van der Waals surface area contributed by atoms with Crippen LogP contribution in [-0.2, 0) is 19.1 Å². The highest BCUT2D eigenvalue weighted by atomic mass is 32.2. The Morgan fingerprint density at radius 3 is 2.82 bits per heavy atom. The van der Waals surface area contributed by atoms with E-state index in [2.05, 4.69) is 32.7 Å². The van der Waals surface area contributed by atoms with E-state index in [0.717, 1.165) is 47.7 Å². The number of thioether (sulfide) groups is 1. The summed E-state index contributed by atoms with van der Waals surface area (Å²) in [6.07, 6.45) is 8.89. The maximum Gasteiger partial charge on any atom is 0.178 e. The summed E-state index contributed by atoms with van der Waals surface area (Å²) in [6.45, 7) is 10.5. The smallest absolute Gasteiger partial charge is 0.178 e. The molecule has 1 aromatic rings. The van der Waals surface area contributed by atoms with Crippen LogP contribution < -0.4 is 0 Å². The largest absolute Gasteiger partial charge is 0.393 e. The lowest BCUT2D eigenvalue weighted by Gasteiger charge is -2.59. The Morgan fingerprint density at radius 1 is 1.32 bits per heavy atom. The Bertz CT molecular complexity index is 1200. The molecule has 0 bridgehead atoms. The van der Waals surface area contributed by atoms with Gasteiger partial charge in [0.25, 0.3) is 0 Å². The van der Waals surface area contributed by atoms with Gasteiger partial charge in [0.05, 0.1) is 23.7 Å². The van der Waals surface area contributed by atoms with E-state index in [-0.39, 0.29) is 52.9 Å². The molecular weight excluding hydrogens is 518 g/mol. The van der Waals surface area contributed by atoms with Crippen LogP contribution in [0.3, 0.4) is 0 Å². The first-order chi connectivity index (χ1) is 18.0. The first-order valence-electron chi connectivity index (χ1n) is 14.1. The third-order valence-corrected chi connectivity index (χ3v) is 12.8. The van der Waals surface area contributed by atoms with Crippen LogP contribution in [0, 0.1) is 42.4 Å². The van der Waals surface area contributed by atoms with Crippen LogP contribution >= 0.6 is 23.1 Å². The monoisotopic (exact) mass is 557 g/mol. The Kier molecular flexibility index (Phi) is 6.63. The topological polar surface area (TPSA) is 85.7 Å². The van der Waals surface area contributed by atoms with Gasteiger partial charge in [-0.05, 0) is 69.9 Å². The Labute approximate surface area is 233 Å².